The summed E-state index contributed by atoms with van der Waals surface area (Å²) in [6.07, 6.45) is 2.24. The van der Waals surface area contributed by atoms with Crippen molar-refractivity contribution in [3.63, 3.8) is 0 Å². The van der Waals surface area contributed by atoms with Crippen LogP contribution in [0.3, 0.4) is 0 Å². The van der Waals surface area contributed by atoms with Gasteiger partial charge in [0, 0.05) is 22.1 Å². The standard InChI is InChI=1S/C22H20N8O6S3/c1-36-28-14(13-7-39-22(24)26-13)17(32)27-15-18(33)30-16(21(34)35)9(5-37-20(15)30)3-29-4-10(23)2-11-12(25-8-31)6-38-19(11)29/h2,4,6-8,15,20H,3,5,23H2,1H3,(H4-,24,25,26,27,31,32,34,35)/p+1/b28-14-/t15?,20-/m1/s1. The Morgan fingerprint density at radius 3 is 2.82 bits per heavy atom. The molecule has 3 aromatic heterocycles. The molecule has 2 aliphatic rings. The summed E-state index contributed by atoms with van der Waals surface area (Å²) in [6, 6.07) is 0.747. The number of hydrogen-bond donors (Lipinski definition) is 5. The molecule has 2 atom stereocenters. The van der Waals surface area contributed by atoms with E-state index in [0.717, 1.165) is 16.2 Å². The van der Waals surface area contributed by atoms with E-state index >= 15 is 0 Å². The molecule has 0 spiro atoms. The highest BCUT2D eigenvalue weighted by Crippen LogP contribution is 2.40. The molecule has 17 heteroatoms. The van der Waals surface area contributed by atoms with Crippen LogP contribution < -0.4 is 26.7 Å². The van der Waals surface area contributed by atoms with Gasteiger partial charge in [0.05, 0.1) is 16.8 Å². The molecule has 5 rings (SSSR count). The number of nitrogen functional groups attached to an aromatic ring is 2. The van der Waals surface area contributed by atoms with Crippen LogP contribution in [0.25, 0.3) is 10.2 Å². The number of aliphatic carboxylic acids is 1. The van der Waals surface area contributed by atoms with Crippen molar-refractivity contribution in [3.05, 3.63) is 40.0 Å². The number of carboxylic acids is 1. The quantitative estimate of drug-likeness (QED) is 0.0751. The van der Waals surface area contributed by atoms with E-state index in [4.69, 9.17) is 16.3 Å². The van der Waals surface area contributed by atoms with Crippen LogP contribution in [0.5, 0.6) is 0 Å². The third-order valence-corrected chi connectivity index (χ3v) is 9.00. The first-order chi connectivity index (χ1) is 18.7. The van der Waals surface area contributed by atoms with Crippen molar-refractivity contribution in [1.29, 1.82) is 0 Å². The smallest absolute Gasteiger partial charge is 0.352 e. The molecule has 0 saturated carbocycles. The van der Waals surface area contributed by atoms with Gasteiger partial charge in [0.1, 0.15) is 29.9 Å². The van der Waals surface area contributed by atoms with Crippen LogP contribution in [0.1, 0.15) is 5.69 Å². The number of aromatic nitrogens is 2. The van der Waals surface area contributed by atoms with Crippen LogP contribution in [-0.2, 0) is 30.6 Å². The SMILES string of the molecule is CO/N=C(\C(=O)NC1C(=O)N2C(C(=O)O)=C(C[n+]3cc(N)cc4c(NC=O)csc43)CS[C@H]12)c1csc(N)n1. The first-order valence-electron chi connectivity index (χ1n) is 11.2. The first-order valence-corrected chi connectivity index (χ1v) is 14.0. The molecule has 202 valence electrons. The number of thiophene rings is 1. The topological polar surface area (TPSA) is 206 Å². The third-order valence-electron chi connectivity index (χ3n) is 5.96. The number of thioether (sulfide) groups is 1. The summed E-state index contributed by atoms with van der Waals surface area (Å²) in [5.74, 6) is -2.25. The zero-order valence-corrected chi connectivity index (χ0v) is 22.6. The van der Waals surface area contributed by atoms with E-state index < -0.39 is 29.2 Å². The number of hydrogen-bond acceptors (Lipinski definition) is 12. The van der Waals surface area contributed by atoms with E-state index in [1.807, 2.05) is 0 Å². The van der Waals surface area contributed by atoms with Crippen molar-refractivity contribution in [3.8, 4) is 0 Å². The molecule has 14 nitrogen and oxygen atoms in total. The second kappa shape index (κ2) is 10.5. The summed E-state index contributed by atoms with van der Waals surface area (Å²) < 4.78 is 1.79. The summed E-state index contributed by atoms with van der Waals surface area (Å²) in [6.45, 7) is 0.153. The molecule has 39 heavy (non-hydrogen) atoms. The van der Waals surface area contributed by atoms with Crippen LogP contribution in [0.4, 0.5) is 16.5 Å². The Morgan fingerprint density at radius 1 is 1.36 bits per heavy atom. The molecule has 3 aromatic rings. The van der Waals surface area contributed by atoms with Gasteiger partial charge in [0.25, 0.3) is 16.6 Å². The minimum atomic E-state index is -1.26. The highest BCUT2D eigenvalue weighted by Gasteiger charge is 2.55. The average Bonchev–Trinajstić information content (AvgIpc) is 3.51. The molecule has 2 aliphatic heterocycles. The fourth-order valence-electron chi connectivity index (χ4n) is 4.37. The Morgan fingerprint density at radius 2 is 2.15 bits per heavy atom. The molecule has 3 amide bonds. The minimum absolute atomic E-state index is 0.141. The minimum Gasteiger partial charge on any atom is -0.477 e. The zero-order chi connectivity index (χ0) is 27.8. The Balaban J connectivity index is 1.40. The number of nitrogens with zero attached hydrogens (tertiary/aromatic N) is 4. The van der Waals surface area contributed by atoms with E-state index in [0.29, 0.717) is 28.7 Å². The first kappa shape index (κ1) is 26.4. The van der Waals surface area contributed by atoms with Crippen molar-refractivity contribution < 1.29 is 33.7 Å². The molecule has 1 fully saturated rings. The van der Waals surface area contributed by atoms with Gasteiger partial charge in [-0.05, 0) is 6.07 Å². The molecule has 1 saturated heterocycles. The Labute approximate surface area is 232 Å². The van der Waals surface area contributed by atoms with Gasteiger partial charge in [-0.15, -0.1) is 23.1 Å². The number of pyridine rings is 1. The highest BCUT2D eigenvalue weighted by atomic mass is 32.2. The van der Waals surface area contributed by atoms with Crippen molar-refractivity contribution in [2.24, 2.45) is 5.16 Å². The number of oxime groups is 1. The highest BCUT2D eigenvalue weighted by molar-refractivity contribution is 8.00. The van der Waals surface area contributed by atoms with E-state index in [-0.39, 0.29) is 34.5 Å². The summed E-state index contributed by atoms with van der Waals surface area (Å²) in [5.41, 5.74) is 13.1. The number of thiazole rings is 1. The van der Waals surface area contributed by atoms with Gasteiger partial charge in [-0.3, -0.25) is 19.3 Å². The lowest BCUT2D eigenvalue weighted by atomic mass is 10.0. The molecule has 1 unspecified atom stereocenters. The summed E-state index contributed by atoms with van der Waals surface area (Å²) in [7, 11) is 1.27. The number of nitrogens with one attached hydrogen (secondary N) is 2. The van der Waals surface area contributed by atoms with Crippen molar-refractivity contribution in [2.75, 3.05) is 29.6 Å². The van der Waals surface area contributed by atoms with E-state index in [1.54, 1.807) is 22.2 Å². The van der Waals surface area contributed by atoms with Crippen LogP contribution in [0, 0.1) is 0 Å². The van der Waals surface area contributed by atoms with Gasteiger partial charge in [0.15, 0.2) is 23.6 Å². The Bertz CT molecular complexity index is 1580. The fraction of sp³-hybridized carbons (Fsp3) is 0.227. The normalized spacial score (nSPS) is 18.9. The van der Waals surface area contributed by atoms with Gasteiger partial charge in [0.2, 0.25) is 6.41 Å². The number of anilines is 3. The molecular formula is C22H21N8O6S3+. The Kier molecular flexibility index (Phi) is 7.11. The predicted octanol–water partition coefficient (Wildman–Crippen LogP) is 0.167. The lowest BCUT2D eigenvalue weighted by Gasteiger charge is -2.49. The van der Waals surface area contributed by atoms with Gasteiger partial charge in [-0.1, -0.05) is 16.5 Å². The molecule has 0 aromatic carbocycles. The van der Waals surface area contributed by atoms with Gasteiger partial charge in [-0.25, -0.2) is 9.78 Å². The largest absolute Gasteiger partial charge is 0.477 e. The molecule has 5 heterocycles. The number of amides is 3. The maximum Gasteiger partial charge on any atom is 0.352 e. The molecule has 0 aliphatic carbocycles. The number of carboxylic acid groups (broad SMARTS) is 1. The third kappa shape index (κ3) is 4.75. The number of β-lactam (4-membered cyclic amide) rings is 1. The predicted molar refractivity (Wildman–Crippen MR) is 146 cm³/mol. The monoisotopic (exact) mass is 589 g/mol. The second-order valence-electron chi connectivity index (χ2n) is 8.34. The van der Waals surface area contributed by atoms with Crippen molar-refractivity contribution in [2.45, 2.75) is 18.0 Å². The number of rotatable bonds is 9. The summed E-state index contributed by atoms with van der Waals surface area (Å²) in [5, 5.41) is 22.6. The van der Waals surface area contributed by atoms with E-state index in [9.17, 15) is 24.3 Å². The summed E-state index contributed by atoms with van der Waals surface area (Å²) in [4.78, 5) is 60.1. The van der Waals surface area contributed by atoms with Crippen molar-refractivity contribution >= 4 is 91.1 Å². The fourth-order valence-corrected chi connectivity index (χ4v) is 7.22. The maximum absolute atomic E-state index is 13.1. The molecule has 0 bridgehead atoms. The second-order valence-corrected chi connectivity index (χ2v) is 11.2. The molecule has 0 radical (unpaired) electrons. The summed E-state index contributed by atoms with van der Waals surface area (Å²) >= 11 is 3.81. The maximum atomic E-state index is 13.1. The Hall–Kier alpha value is -4.22. The van der Waals surface area contributed by atoms with Crippen LogP contribution in [-0.4, -0.2) is 69.2 Å². The molecule has 7 N–H and O–H groups in total. The average molecular weight is 590 g/mol. The van der Waals surface area contributed by atoms with E-state index in [2.05, 4.69) is 20.8 Å². The van der Waals surface area contributed by atoms with Gasteiger partial charge >= 0.3 is 5.97 Å². The number of carbonyl (C=O) groups is 4. The van der Waals surface area contributed by atoms with Crippen LogP contribution >= 0.6 is 34.4 Å². The number of fused-ring (bicyclic) bond motifs is 2. The van der Waals surface area contributed by atoms with Gasteiger partial charge < -0.3 is 32.0 Å². The van der Waals surface area contributed by atoms with Crippen molar-refractivity contribution in [1.82, 2.24) is 15.2 Å². The van der Waals surface area contributed by atoms with Gasteiger partial charge in [-0.2, -0.15) is 4.57 Å². The number of nitrogens with two attached hydrogens (primary N) is 2. The zero-order valence-electron chi connectivity index (χ0n) is 20.1. The lowest BCUT2D eigenvalue weighted by molar-refractivity contribution is -0.660. The van der Waals surface area contributed by atoms with Crippen LogP contribution in [0.15, 0.2) is 39.4 Å². The molecular weight excluding hydrogens is 568 g/mol. The van der Waals surface area contributed by atoms with E-state index in [1.165, 1.54) is 40.5 Å². The van der Waals surface area contributed by atoms with Crippen LogP contribution in [0.2, 0.25) is 0 Å². The number of carbonyl (C=O) groups excluding carboxylic acids is 3. The lowest BCUT2D eigenvalue weighted by Crippen LogP contribution is -2.71.